The highest BCUT2D eigenvalue weighted by atomic mass is 32.1. The first-order valence-corrected chi connectivity index (χ1v) is 12.7. The van der Waals surface area contributed by atoms with E-state index in [0.29, 0.717) is 17.1 Å². The second kappa shape index (κ2) is 11.7. The zero-order valence-corrected chi connectivity index (χ0v) is 20.4. The molecule has 2 aromatic heterocycles. The highest BCUT2D eigenvalue weighted by molar-refractivity contribution is 7.10. The third-order valence-corrected chi connectivity index (χ3v) is 6.74. The van der Waals surface area contributed by atoms with Gasteiger partial charge in [-0.1, -0.05) is 25.3 Å². The number of carbonyl (C=O) groups is 3. The van der Waals surface area contributed by atoms with Crippen molar-refractivity contribution >= 4 is 46.5 Å². The molecule has 182 valence electrons. The summed E-state index contributed by atoms with van der Waals surface area (Å²) in [4.78, 5) is 41.0. The number of amides is 3. The number of hydrogen-bond donors (Lipinski definition) is 2. The summed E-state index contributed by atoms with van der Waals surface area (Å²) in [6, 6.07) is 13.2. The molecule has 3 amide bonds. The summed E-state index contributed by atoms with van der Waals surface area (Å²) in [6.07, 6.45) is 9.89. The van der Waals surface area contributed by atoms with Crippen molar-refractivity contribution < 1.29 is 18.8 Å². The van der Waals surface area contributed by atoms with E-state index in [9.17, 15) is 14.4 Å². The van der Waals surface area contributed by atoms with Gasteiger partial charge in [-0.25, -0.2) is 0 Å². The van der Waals surface area contributed by atoms with Crippen LogP contribution in [0.25, 0.3) is 6.08 Å². The van der Waals surface area contributed by atoms with Crippen LogP contribution < -0.4 is 15.5 Å². The van der Waals surface area contributed by atoms with Gasteiger partial charge in [-0.2, -0.15) is 0 Å². The second-order valence-electron chi connectivity index (χ2n) is 8.55. The van der Waals surface area contributed by atoms with Gasteiger partial charge in [-0.15, -0.1) is 11.3 Å². The van der Waals surface area contributed by atoms with Gasteiger partial charge in [0.15, 0.2) is 6.04 Å². The molecule has 1 aliphatic rings. The normalized spacial score (nSPS) is 15.0. The number of benzene rings is 1. The van der Waals surface area contributed by atoms with Gasteiger partial charge >= 0.3 is 0 Å². The third kappa shape index (κ3) is 6.48. The Bertz CT molecular complexity index is 1150. The topological polar surface area (TPSA) is 91.7 Å². The van der Waals surface area contributed by atoms with Crippen LogP contribution in [0.1, 0.15) is 55.7 Å². The lowest BCUT2D eigenvalue weighted by Crippen LogP contribution is -2.46. The minimum absolute atomic E-state index is 0.0782. The Hall–Kier alpha value is -3.65. The van der Waals surface area contributed by atoms with Crippen molar-refractivity contribution in [1.29, 1.82) is 0 Å². The maximum Gasteiger partial charge on any atom is 0.252 e. The monoisotopic (exact) mass is 491 g/mol. The van der Waals surface area contributed by atoms with Crippen molar-refractivity contribution in [3.63, 3.8) is 0 Å². The van der Waals surface area contributed by atoms with E-state index < -0.39 is 6.04 Å². The average molecular weight is 492 g/mol. The fourth-order valence-electron chi connectivity index (χ4n) is 4.28. The number of carbonyl (C=O) groups excluding carboxylic acids is 3. The molecule has 2 N–H and O–H groups in total. The van der Waals surface area contributed by atoms with E-state index in [4.69, 9.17) is 4.42 Å². The van der Waals surface area contributed by atoms with Crippen LogP contribution in [0.3, 0.4) is 0 Å². The van der Waals surface area contributed by atoms with Gasteiger partial charge in [0.2, 0.25) is 5.91 Å². The highest BCUT2D eigenvalue weighted by Gasteiger charge is 2.35. The fourth-order valence-corrected chi connectivity index (χ4v) is 4.90. The summed E-state index contributed by atoms with van der Waals surface area (Å²) >= 11 is 1.52. The van der Waals surface area contributed by atoms with E-state index in [2.05, 4.69) is 10.6 Å². The minimum atomic E-state index is -0.987. The summed E-state index contributed by atoms with van der Waals surface area (Å²) in [7, 11) is 0. The zero-order valence-electron chi connectivity index (χ0n) is 19.6. The molecule has 1 fully saturated rings. The molecule has 3 aromatic rings. The molecule has 2 heterocycles. The molecule has 8 heteroatoms. The maximum absolute atomic E-state index is 13.6. The predicted molar refractivity (Wildman–Crippen MR) is 138 cm³/mol. The summed E-state index contributed by atoms with van der Waals surface area (Å²) < 4.78 is 5.65. The van der Waals surface area contributed by atoms with Gasteiger partial charge in [-0.3, -0.25) is 19.3 Å². The van der Waals surface area contributed by atoms with Gasteiger partial charge in [-0.05, 0) is 66.8 Å². The van der Waals surface area contributed by atoms with Crippen LogP contribution in [-0.2, 0) is 14.4 Å². The van der Waals surface area contributed by atoms with Crippen molar-refractivity contribution in [2.75, 3.05) is 10.2 Å². The first-order chi connectivity index (χ1) is 17.0. The van der Waals surface area contributed by atoms with Gasteiger partial charge in [0.1, 0.15) is 5.76 Å². The van der Waals surface area contributed by atoms with Gasteiger partial charge in [0.25, 0.3) is 11.8 Å². The molecule has 35 heavy (non-hydrogen) atoms. The number of rotatable bonds is 8. The standard InChI is InChI=1S/C27H29N3O4S/c1-19(31)28-21-11-13-22(14-12-21)30(25(32)16-15-23-9-6-18-35-23)26(24-10-5-17-34-24)27(33)29-20-7-3-2-4-8-20/h5-6,9-18,20,26H,2-4,7-8H2,1H3,(H,28,31)(H,29,33). The smallest absolute Gasteiger partial charge is 0.252 e. The number of furan rings is 1. The fraction of sp³-hybridized carbons (Fsp3) is 0.296. The van der Waals surface area contributed by atoms with E-state index in [0.717, 1.165) is 30.6 Å². The second-order valence-corrected chi connectivity index (χ2v) is 9.53. The van der Waals surface area contributed by atoms with Crippen molar-refractivity contribution in [2.24, 2.45) is 0 Å². The van der Waals surface area contributed by atoms with E-state index in [1.54, 1.807) is 42.5 Å². The molecular weight excluding hydrogens is 462 g/mol. The Morgan fingerprint density at radius 1 is 1.06 bits per heavy atom. The van der Waals surface area contributed by atoms with Crippen LogP contribution in [0.5, 0.6) is 0 Å². The number of anilines is 2. The Labute approximate surface area is 208 Å². The summed E-state index contributed by atoms with van der Waals surface area (Å²) in [5.74, 6) is -0.450. The number of thiophene rings is 1. The van der Waals surface area contributed by atoms with Crippen LogP contribution in [0, 0.1) is 0 Å². The summed E-state index contributed by atoms with van der Waals surface area (Å²) in [5.41, 5.74) is 1.11. The molecule has 0 saturated heterocycles. The molecule has 1 aliphatic carbocycles. The molecule has 0 spiro atoms. The molecule has 0 aliphatic heterocycles. The Morgan fingerprint density at radius 2 is 1.83 bits per heavy atom. The maximum atomic E-state index is 13.6. The Kier molecular flexibility index (Phi) is 8.15. The lowest BCUT2D eigenvalue weighted by Gasteiger charge is -2.31. The molecule has 1 unspecified atom stereocenters. The molecule has 0 radical (unpaired) electrons. The first kappa shape index (κ1) is 24.5. The number of nitrogens with one attached hydrogen (secondary N) is 2. The van der Waals surface area contributed by atoms with Crippen LogP contribution >= 0.6 is 11.3 Å². The summed E-state index contributed by atoms with van der Waals surface area (Å²) in [5, 5.41) is 7.81. The zero-order chi connectivity index (χ0) is 24.6. The van der Waals surface area contributed by atoms with Gasteiger partial charge in [0.05, 0.1) is 6.26 Å². The molecule has 1 saturated carbocycles. The van der Waals surface area contributed by atoms with Crippen LogP contribution in [0.4, 0.5) is 11.4 Å². The highest BCUT2D eigenvalue weighted by Crippen LogP contribution is 2.31. The molecular formula is C27H29N3O4S. The van der Waals surface area contributed by atoms with Crippen LogP contribution in [0.2, 0.25) is 0 Å². The van der Waals surface area contributed by atoms with Crippen molar-refractivity contribution in [1.82, 2.24) is 5.32 Å². The number of nitrogens with zero attached hydrogens (tertiary/aromatic N) is 1. The molecule has 7 nitrogen and oxygen atoms in total. The molecule has 1 aromatic carbocycles. The molecule has 1 atom stereocenters. The number of hydrogen-bond acceptors (Lipinski definition) is 5. The first-order valence-electron chi connectivity index (χ1n) is 11.8. The Balaban J connectivity index is 1.69. The minimum Gasteiger partial charge on any atom is -0.467 e. The third-order valence-electron chi connectivity index (χ3n) is 5.91. The summed E-state index contributed by atoms with van der Waals surface area (Å²) in [6.45, 7) is 1.43. The van der Waals surface area contributed by atoms with E-state index in [-0.39, 0.29) is 23.8 Å². The van der Waals surface area contributed by atoms with Gasteiger partial charge < -0.3 is 15.1 Å². The molecule has 0 bridgehead atoms. The van der Waals surface area contributed by atoms with Crippen LogP contribution in [0.15, 0.2) is 70.7 Å². The lowest BCUT2D eigenvalue weighted by atomic mass is 9.95. The van der Waals surface area contributed by atoms with Crippen molar-refractivity contribution in [3.05, 3.63) is 76.9 Å². The SMILES string of the molecule is CC(=O)Nc1ccc(N(C(=O)C=Cc2cccs2)C(C(=O)NC2CCCCC2)c2ccco2)cc1. The van der Waals surface area contributed by atoms with Crippen molar-refractivity contribution in [3.8, 4) is 0 Å². The average Bonchev–Trinajstić information content (AvgIpc) is 3.56. The lowest BCUT2D eigenvalue weighted by molar-refractivity contribution is -0.126. The quantitative estimate of drug-likeness (QED) is 0.405. The molecule has 4 rings (SSSR count). The predicted octanol–water partition coefficient (Wildman–Crippen LogP) is 5.54. The largest absolute Gasteiger partial charge is 0.467 e. The van der Waals surface area contributed by atoms with Crippen LogP contribution in [-0.4, -0.2) is 23.8 Å². The van der Waals surface area contributed by atoms with Gasteiger partial charge in [0, 0.05) is 35.3 Å². The van der Waals surface area contributed by atoms with E-state index in [1.807, 2.05) is 17.5 Å². The van der Waals surface area contributed by atoms with E-state index >= 15 is 0 Å². The van der Waals surface area contributed by atoms with Crippen molar-refractivity contribution in [2.45, 2.75) is 51.1 Å². The Morgan fingerprint density at radius 3 is 2.46 bits per heavy atom. The van der Waals surface area contributed by atoms with E-state index in [1.165, 1.54) is 41.9 Å².